The summed E-state index contributed by atoms with van der Waals surface area (Å²) in [6.45, 7) is 0.0201. The zero-order valence-electron chi connectivity index (χ0n) is 12.8. The van der Waals surface area contributed by atoms with Crippen LogP contribution in [0.4, 0.5) is 0 Å². The Balaban J connectivity index is 1.71. The molecule has 1 aliphatic rings. The molecule has 0 radical (unpaired) electrons. The van der Waals surface area contributed by atoms with Crippen LogP contribution >= 0.6 is 0 Å². The molecule has 10 heteroatoms. The van der Waals surface area contributed by atoms with Gasteiger partial charge >= 0.3 is 0 Å². The summed E-state index contributed by atoms with van der Waals surface area (Å²) in [6, 6.07) is 1.33. The van der Waals surface area contributed by atoms with E-state index in [0.29, 0.717) is 11.7 Å². The first-order valence-corrected chi connectivity index (χ1v) is 8.68. The molecule has 2 heterocycles. The summed E-state index contributed by atoms with van der Waals surface area (Å²) < 4.78 is 28.6. The van der Waals surface area contributed by atoms with Crippen LogP contribution in [-0.4, -0.2) is 41.1 Å². The Morgan fingerprint density at radius 3 is 2.87 bits per heavy atom. The van der Waals surface area contributed by atoms with Crippen molar-refractivity contribution in [1.29, 1.82) is 0 Å². The van der Waals surface area contributed by atoms with E-state index in [4.69, 9.17) is 0 Å². The number of nitrogens with zero attached hydrogens (tertiary/aromatic N) is 3. The van der Waals surface area contributed by atoms with Crippen molar-refractivity contribution < 1.29 is 13.2 Å². The minimum absolute atomic E-state index is 0.0201. The van der Waals surface area contributed by atoms with Gasteiger partial charge in [0, 0.05) is 26.2 Å². The average molecular weight is 338 g/mol. The van der Waals surface area contributed by atoms with Crippen molar-refractivity contribution in [3.63, 3.8) is 0 Å². The van der Waals surface area contributed by atoms with Crippen molar-refractivity contribution in [2.75, 3.05) is 7.05 Å². The number of amides is 1. The Bertz CT molecular complexity index is 834. The van der Waals surface area contributed by atoms with Gasteiger partial charge in [0.15, 0.2) is 5.82 Å². The second-order valence-corrected chi connectivity index (χ2v) is 7.26. The average Bonchev–Trinajstić information content (AvgIpc) is 3.13. The largest absolute Gasteiger partial charge is 0.354 e. The lowest BCUT2D eigenvalue weighted by Crippen LogP contribution is -2.23. The summed E-state index contributed by atoms with van der Waals surface area (Å²) in [4.78, 5) is 16.0. The fraction of sp³-hybridized carbons (Fsp3) is 0.462. The quantitative estimate of drug-likeness (QED) is 0.677. The molecule has 124 valence electrons. The minimum atomic E-state index is -3.74. The molecule has 2 aromatic heterocycles. The van der Waals surface area contributed by atoms with E-state index < -0.39 is 10.0 Å². The first kappa shape index (κ1) is 15.7. The Hall–Kier alpha value is -2.20. The van der Waals surface area contributed by atoms with Crippen molar-refractivity contribution in [3.05, 3.63) is 29.6 Å². The van der Waals surface area contributed by atoms with E-state index in [0.717, 1.165) is 18.7 Å². The number of H-pyrrole nitrogens is 1. The number of sulfonamides is 1. The van der Waals surface area contributed by atoms with Gasteiger partial charge in [-0.05, 0) is 18.9 Å². The van der Waals surface area contributed by atoms with Gasteiger partial charge in [-0.25, -0.2) is 18.1 Å². The fourth-order valence-electron chi connectivity index (χ4n) is 2.19. The fourth-order valence-corrected chi connectivity index (χ4v) is 3.25. The van der Waals surface area contributed by atoms with Gasteiger partial charge < -0.3 is 9.88 Å². The van der Waals surface area contributed by atoms with Gasteiger partial charge in [-0.3, -0.25) is 9.89 Å². The molecule has 3 rings (SSSR count). The lowest BCUT2D eigenvalue weighted by Gasteiger charge is -2.02. The third-order valence-corrected chi connectivity index (χ3v) is 5.04. The van der Waals surface area contributed by atoms with Gasteiger partial charge in [0.2, 0.25) is 10.0 Å². The minimum Gasteiger partial charge on any atom is -0.354 e. The SMILES string of the molecule is CNC(=O)c1cc(S(=O)(=O)NCc2nc(C3CC3)n[nH]2)cn1C. The predicted molar refractivity (Wildman–Crippen MR) is 81.2 cm³/mol. The van der Waals surface area contributed by atoms with Crippen molar-refractivity contribution in [3.8, 4) is 0 Å². The highest BCUT2D eigenvalue weighted by molar-refractivity contribution is 7.89. The molecule has 0 aliphatic heterocycles. The van der Waals surface area contributed by atoms with Crippen molar-refractivity contribution in [2.24, 2.45) is 7.05 Å². The molecule has 1 fully saturated rings. The number of aromatic nitrogens is 4. The highest BCUT2D eigenvalue weighted by Crippen LogP contribution is 2.37. The normalized spacial score (nSPS) is 14.9. The van der Waals surface area contributed by atoms with Crippen LogP contribution < -0.4 is 10.0 Å². The van der Waals surface area contributed by atoms with E-state index in [9.17, 15) is 13.2 Å². The standard InChI is InChI=1S/C13H18N6O3S/c1-14-13(20)10-5-9(7-19(10)2)23(21,22)15-6-11-16-12(18-17-11)8-3-4-8/h5,7-8,15H,3-4,6H2,1-2H3,(H,14,20)(H,16,17,18). The summed E-state index contributed by atoms with van der Waals surface area (Å²) >= 11 is 0. The molecular formula is C13H18N6O3S. The van der Waals surface area contributed by atoms with E-state index in [-0.39, 0.29) is 23.0 Å². The molecule has 0 spiro atoms. The second kappa shape index (κ2) is 5.78. The molecule has 0 saturated heterocycles. The van der Waals surface area contributed by atoms with Crippen molar-refractivity contribution in [1.82, 2.24) is 29.8 Å². The first-order chi connectivity index (χ1) is 10.9. The highest BCUT2D eigenvalue weighted by atomic mass is 32.2. The Kier molecular flexibility index (Phi) is 3.94. The van der Waals surface area contributed by atoms with E-state index in [2.05, 4.69) is 25.2 Å². The molecule has 9 nitrogen and oxygen atoms in total. The maximum atomic E-state index is 12.3. The van der Waals surface area contributed by atoms with Crippen LogP contribution in [0.2, 0.25) is 0 Å². The molecule has 3 N–H and O–H groups in total. The third-order valence-electron chi connectivity index (χ3n) is 3.67. The molecule has 1 aliphatic carbocycles. The molecule has 1 amide bonds. The first-order valence-electron chi connectivity index (χ1n) is 7.20. The van der Waals surface area contributed by atoms with E-state index in [1.165, 1.54) is 23.9 Å². The van der Waals surface area contributed by atoms with Crippen LogP contribution in [-0.2, 0) is 23.6 Å². The molecule has 2 aromatic rings. The van der Waals surface area contributed by atoms with Crippen LogP contribution in [0.3, 0.4) is 0 Å². The number of carbonyl (C=O) groups is 1. The topological polar surface area (TPSA) is 122 Å². The number of rotatable bonds is 6. The molecule has 0 atom stereocenters. The summed E-state index contributed by atoms with van der Waals surface area (Å²) in [5, 5.41) is 9.28. The smallest absolute Gasteiger partial charge is 0.267 e. The molecular weight excluding hydrogens is 320 g/mol. The number of nitrogens with one attached hydrogen (secondary N) is 3. The molecule has 23 heavy (non-hydrogen) atoms. The number of aromatic amines is 1. The van der Waals surface area contributed by atoms with Crippen LogP contribution in [0.5, 0.6) is 0 Å². The molecule has 1 saturated carbocycles. The maximum Gasteiger partial charge on any atom is 0.267 e. The Morgan fingerprint density at radius 2 is 2.22 bits per heavy atom. The zero-order valence-corrected chi connectivity index (χ0v) is 13.6. The monoisotopic (exact) mass is 338 g/mol. The lowest BCUT2D eigenvalue weighted by molar-refractivity contribution is 0.0955. The van der Waals surface area contributed by atoms with Gasteiger partial charge in [0.1, 0.15) is 16.4 Å². The van der Waals surface area contributed by atoms with Gasteiger partial charge in [0.05, 0.1) is 6.54 Å². The van der Waals surface area contributed by atoms with Crippen LogP contribution in [0.1, 0.15) is 40.9 Å². The zero-order chi connectivity index (χ0) is 16.6. The Labute approximate surface area is 133 Å². The Morgan fingerprint density at radius 1 is 1.48 bits per heavy atom. The van der Waals surface area contributed by atoms with Crippen LogP contribution in [0.15, 0.2) is 17.2 Å². The number of carbonyl (C=O) groups excluding carboxylic acids is 1. The second-order valence-electron chi connectivity index (χ2n) is 5.49. The molecule has 0 unspecified atom stereocenters. The summed E-state index contributed by atoms with van der Waals surface area (Å²) in [5.41, 5.74) is 0.267. The number of aryl methyl sites for hydroxylation is 1. The predicted octanol–water partition coefficient (Wildman–Crippen LogP) is -0.141. The summed E-state index contributed by atoms with van der Waals surface area (Å²) in [5.74, 6) is 1.26. The molecule has 0 bridgehead atoms. The number of hydrogen-bond acceptors (Lipinski definition) is 5. The highest BCUT2D eigenvalue weighted by Gasteiger charge is 2.28. The van der Waals surface area contributed by atoms with Gasteiger partial charge in [-0.1, -0.05) is 0 Å². The lowest BCUT2D eigenvalue weighted by atomic mass is 10.4. The van der Waals surface area contributed by atoms with Gasteiger partial charge in [-0.2, -0.15) is 5.10 Å². The van der Waals surface area contributed by atoms with E-state index >= 15 is 0 Å². The molecule has 0 aromatic carbocycles. The maximum absolute atomic E-state index is 12.3. The summed E-state index contributed by atoms with van der Waals surface area (Å²) in [7, 11) is -0.634. The van der Waals surface area contributed by atoms with Crippen LogP contribution in [0.25, 0.3) is 0 Å². The van der Waals surface area contributed by atoms with E-state index in [1.54, 1.807) is 7.05 Å². The summed E-state index contributed by atoms with van der Waals surface area (Å²) in [6.07, 6.45) is 3.55. The third kappa shape index (κ3) is 3.27. The van der Waals surface area contributed by atoms with Crippen LogP contribution in [0, 0.1) is 0 Å². The van der Waals surface area contributed by atoms with Gasteiger partial charge in [-0.15, -0.1) is 0 Å². The van der Waals surface area contributed by atoms with Crippen molar-refractivity contribution >= 4 is 15.9 Å². The van der Waals surface area contributed by atoms with Gasteiger partial charge in [0.25, 0.3) is 5.91 Å². The van der Waals surface area contributed by atoms with Crippen molar-refractivity contribution in [2.45, 2.75) is 30.2 Å². The van der Waals surface area contributed by atoms with E-state index in [1.807, 2.05) is 0 Å². The number of hydrogen-bond donors (Lipinski definition) is 3.